The Bertz CT molecular complexity index is 773. The van der Waals surface area contributed by atoms with Crippen LogP contribution in [0.2, 0.25) is 0 Å². The summed E-state index contributed by atoms with van der Waals surface area (Å²) in [4.78, 5) is 15.8. The van der Waals surface area contributed by atoms with Crippen molar-refractivity contribution in [1.82, 2.24) is 0 Å². The Morgan fingerprint density at radius 3 is 2.73 bits per heavy atom. The number of aryl methyl sites for hydroxylation is 1. The predicted molar refractivity (Wildman–Crippen MR) is 101 cm³/mol. The molecule has 2 aromatic rings. The van der Waals surface area contributed by atoms with Gasteiger partial charge in [0.25, 0.3) is 5.91 Å². The molecule has 1 saturated heterocycles. The molecule has 1 heterocycles. The maximum Gasteiger partial charge on any atom is 0.279 e. The quantitative estimate of drug-likeness (QED) is 0.851. The van der Waals surface area contributed by atoms with Crippen LogP contribution in [0.3, 0.4) is 0 Å². The number of nitrogens with one attached hydrogen (secondary N) is 2. The van der Waals surface area contributed by atoms with Crippen LogP contribution in [0.15, 0.2) is 42.5 Å². The van der Waals surface area contributed by atoms with Crippen LogP contribution in [0.1, 0.15) is 5.56 Å². The summed E-state index contributed by atoms with van der Waals surface area (Å²) in [5, 5.41) is 2.83. The van der Waals surface area contributed by atoms with E-state index in [1.54, 1.807) is 13.2 Å². The van der Waals surface area contributed by atoms with Gasteiger partial charge in [-0.1, -0.05) is 12.1 Å². The van der Waals surface area contributed by atoms with Gasteiger partial charge in [-0.15, -0.1) is 0 Å². The molecular formula is C20H25FN3O2+. The number of nitrogens with zero attached hydrogens (tertiary/aromatic N) is 1. The minimum Gasteiger partial charge on any atom is -0.497 e. The number of halogens is 1. The molecule has 3 rings (SSSR count). The number of carbonyl (C=O) groups is 1. The van der Waals surface area contributed by atoms with E-state index in [1.807, 2.05) is 25.1 Å². The van der Waals surface area contributed by atoms with Gasteiger partial charge in [0.1, 0.15) is 11.6 Å². The zero-order chi connectivity index (χ0) is 18.5. The van der Waals surface area contributed by atoms with Gasteiger partial charge in [-0.2, -0.15) is 0 Å². The molecule has 0 radical (unpaired) electrons. The van der Waals surface area contributed by atoms with Crippen molar-refractivity contribution in [1.29, 1.82) is 0 Å². The minimum atomic E-state index is -0.342. The van der Waals surface area contributed by atoms with E-state index in [0.29, 0.717) is 12.2 Å². The van der Waals surface area contributed by atoms with E-state index in [9.17, 15) is 9.18 Å². The van der Waals surface area contributed by atoms with Crippen LogP contribution in [-0.4, -0.2) is 45.7 Å². The van der Waals surface area contributed by atoms with E-state index in [1.165, 1.54) is 17.0 Å². The Balaban J connectivity index is 1.52. The van der Waals surface area contributed by atoms with Crippen LogP contribution in [0, 0.1) is 12.7 Å². The van der Waals surface area contributed by atoms with E-state index < -0.39 is 0 Å². The predicted octanol–water partition coefficient (Wildman–Crippen LogP) is 1.49. The van der Waals surface area contributed by atoms with Gasteiger partial charge in [-0.25, -0.2) is 4.39 Å². The summed E-state index contributed by atoms with van der Waals surface area (Å²) in [6, 6.07) is 12.5. The molecule has 2 aromatic carbocycles. The standard InChI is InChI=1S/C20H24FN3O2/c1-15-6-7-16(21)12-19(15)22-20(25)14-23-8-10-24(11-9-23)17-4-3-5-18(13-17)26-2/h3-7,12-13H,8-11,14H2,1-2H3,(H,22,25)/p+1. The Kier molecular flexibility index (Phi) is 5.73. The number of benzene rings is 2. The third-order valence-electron chi connectivity index (χ3n) is 4.77. The van der Waals surface area contributed by atoms with Crippen molar-refractivity contribution in [3.05, 3.63) is 53.8 Å². The lowest BCUT2D eigenvalue weighted by molar-refractivity contribution is -0.892. The molecule has 0 aliphatic carbocycles. The van der Waals surface area contributed by atoms with Gasteiger partial charge >= 0.3 is 0 Å². The number of piperazine rings is 1. The summed E-state index contributed by atoms with van der Waals surface area (Å²) < 4.78 is 18.6. The molecule has 138 valence electrons. The molecule has 2 N–H and O–H groups in total. The van der Waals surface area contributed by atoms with Gasteiger partial charge in [0.2, 0.25) is 0 Å². The lowest BCUT2D eigenvalue weighted by atomic mass is 10.2. The van der Waals surface area contributed by atoms with Crippen LogP contribution in [0.25, 0.3) is 0 Å². The van der Waals surface area contributed by atoms with E-state index in [4.69, 9.17) is 4.74 Å². The number of hydrogen-bond donors (Lipinski definition) is 2. The van der Waals surface area contributed by atoms with Gasteiger partial charge in [0.15, 0.2) is 6.54 Å². The van der Waals surface area contributed by atoms with Gasteiger partial charge in [0, 0.05) is 17.4 Å². The number of amides is 1. The molecule has 1 fully saturated rings. The summed E-state index contributed by atoms with van der Waals surface area (Å²) in [6.45, 7) is 5.78. The SMILES string of the molecule is COc1cccc(N2CC[NH+](CC(=O)Nc3cc(F)ccc3C)CC2)c1. The molecule has 26 heavy (non-hydrogen) atoms. The van der Waals surface area contributed by atoms with Crippen molar-refractivity contribution in [2.24, 2.45) is 0 Å². The molecule has 5 nitrogen and oxygen atoms in total. The first-order chi connectivity index (χ1) is 12.5. The minimum absolute atomic E-state index is 0.0801. The Hall–Kier alpha value is -2.60. The van der Waals surface area contributed by atoms with Crippen molar-refractivity contribution in [3.63, 3.8) is 0 Å². The van der Waals surface area contributed by atoms with Crippen molar-refractivity contribution in [2.45, 2.75) is 6.92 Å². The van der Waals surface area contributed by atoms with E-state index in [-0.39, 0.29) is 11.7 Å². The molecule has 0 atom stereocenters. The first kappa shape index (κ1) is 18.2. The number of rotatable bonds is 5. The second-order valence-electron chi connectivity index (χ2n) is 6.62. The summed E-state index contributed by atoms with van der Waals surface area (Å²) in [5.41, 5.74) is 2.55. The third-order valence-corrected chi connectivity index (χ3v) is 4.77. The number of carbonyl (C=O) groups excluding carboxylic acids is 1. The number of ether oxygens (including phenoxy) is 1. The summed E-state index contributed by atoms with van der Waals surface area (Å²) in [7, 11) is 1.67. The van der Waals surface area contributed by atoms with Crippen LogP contribution in [-0.2, 0) is 4.79 Å². The van der Waals surface area contributed by atoms with Crippen LogP contribution < -0.4 is 19.9 Å². The maximum absolute atomic E-state index is 13.3. The Labute approximate surface area is 153 Å². The van der Waals surface area contributed by atoms with Gasteiger partial charge in [-0.05, 0) is 36.8 Å². The first-order valence-corrected chi connectivity index (χ1v) is 8.84. The first-order valence-electron chi connectivity index (χ1n) is 8.84. The monoisotopic (exact) mass is 358 g/mol. The lowest BCUT2D eigenvalue weighted by Crippen LogP contribution is -3.15. The molecule has 0 bridgehead atoms. The zero-order valence-electron chi connectivity index (χ0n) is 15.2. The van der Waals surface area contributed by atoms with Crippen molar-refractivity contribution < 1.29 is 18.8 Å². The Morgan fingerprint density at radius 1 is 1.23 bits per heavy atom. The molecule has 0 spiro atoms. The van der Waals surface area contributed by atoms with E-state index in [2.05, 4.69) is 16.3 Å². The lowest BCUT2D eigenvalue weighted by Gasteiger charge is -2.33. The normalized spacial score (nSPS) is 15.0. The van der Waals surface area contributed by atoms with E-state index in [0.717, 1.165) is 43.2 Å². The molecule has 1 aliphatic heterocycles. The topological polar surface area (TPSA) is 46.0 Å². The second kappa shape index (κ2) is 8.19. The molecular weight excluding hydrogens is 333 g/mol. The number of hydrogen-bond acceptors (Lipinski definition) is 3. The second-order valence-corrected chi connectivity index (χ2v) is 6.62. The largest absolute Gasteiger partial charge is 0.497 e. The fourth-order valence-corrected chi connectivity index (χ4v) is 3.22. The molecule has 1 aliphatic rings. The highest BCUT2D eigenvalue weighted by Gasteiger charge is 2.22. The number of anilines is 2. The highest BCUT2D eigenvalue weighted by Crippen LogP contribution is 2.20. The summed E-state index contributed by atoms with van der Waals surface area (Å²) in [6.07, 6.45) is 0. The fraction of sp³-hybridized carbons (Fsp3) is 0.350. The smallest absolute Gasteiger partial charge is 0.279 e. The maximum atomic E-state index is 13.3. The summed E-state index contributed by atoms with van der Waals surface area (Å²) >= 11 is 0. The third kappa shape index (κ3) is 4.52. The van der Waals surface area contributed by atoms with Crippen LogP contribution >= 0.6 is 0 Å². The van der Waals surface area contributed by atoms with Gasteiger partial charge in [0.05, 0.1) is 33.3 Å². The van der Waals surface area contributed by atoms with Crippen molar-refractivity contribution in [2.75, 3.05) is 50.1 Å². The van der Waals surface area contributed by atoms with Gasteiger partial charge < -0.3 is 19.9 Å². The Morgan fingerprint density at radius 2 is 2.00 bits per heavy atom. The highest BCUT2D eigenvalue weighted by molar-refractivity contribution is 5.92. The van der Waals surface area contributed by atoms with Crippen molar-refractivity contribution in [3.8, 4) is 5.75 Å². The average Bonchev–Trinajstić information content (AvgIpc) is 2.65. The van der Waals surface area contributed by atoms with Crippen LogP contribution in [0.5, 0.6) is 5.75 Å². The van der Waals surface area contributed by atoms with Gasteiger partial charge in [-0.3, -0.25) is 4.79 Å². The molecule has 0 unspecified atom stereocenters. The summed E-state index contributed by atoms with van der Waals surface area (Å²) in [5.74, 6) is 0.427. The van der Waals surface area contributed by atoms with Crippen LogP contribution in [0.4, 0.5) is 15.8 Å². The molecule has 0 saturated carbocycles. The molecule has 6 heteroatoms. The van der Waals surface area contributed by atoms with Crippen molar-refractivity contribution >= 4 is 17.3 Å². The average molecular weight is 358 g/mol. The highest BCUT2D eigenvalue weighted by atomic mass is 19.1. The fourth-order valence-electron chi connectivity index (χ4n) is 3.22. The zero-order valence-corrected chi connectivity index (χ0v) is 15.2. The molecule has 0 aromatic heterocycles. The number of quaternary nitrogens is 1. The number of methoxy groups -OCH3 is 1. The van der Waals surface area contributed by atoms with E-state index >= 15 is 0 Å². The molecule has 1 amide bonds.